The van der Waals surface area contributed by atoms with E-state index in [0.29, 0.717) is 5.52 Å². The fourth-order valence-electron chi connectivity index (χ4n) is 2.89. The third-order valence-corrected chi connectivity index (χ3v) is 4.23. The van der Waals surface area contributed by atoms with Crippen LogP contribution in [-0.4, -0.2) is 19.3 Å². The van der Waals surface area contributed by atoms with Crippen LogP contribution in [0.5, 0.6) is 0 Å². The number of aliphatic hydroxyl groups is 1. The third kappa shape index (κ3) is 2.97. The van der Waals surface area contributed by atoms with Crippen LogP contribution >= 0.6 is 0 Å². The Morgan fingerprint density at radius 2 is 1.64 bits per heavy atom. The van der Waals surface area contributed by atoms with Crippen LogP contribution in [0.15, 0.2) is 83.9 Å². The number of hydrogen-bond acceptors (Lipinski definition) is 3. The van der Waals surface area contributed by atoms with E-state index in [4.69, 9.17) is 0 Å². The summed E-state index contributed by atoms with van der Waals surface area (Å²) < 4.78 is 3.10. The number of rotatable bonds is 4. The molecule has 2 aromatic carbocycles. The van der Waals surface area contributed by atoms with Gasteiger partial charge >= 0.3 is 0 Å². The summed E-state index contributed by atoms with van der Waals surface area (Å²) in [7, 11) is 0. The van der Waals surface area contributed by atoms with E-state index in [2.05, 4.69) is 5.10 Å². The summed E-state index contributed by atoms with van der Waals surface area (Å²) >= 11 is 0. The molecule has 0 saturated carbocycles. The van der Waals surface area contributed by atoms with Gasteiger partial charge in [-0.15, -0.1) is 0 Å². The monoisotopic (exact) mass is 331 g/mol. The van der Waals surface area contributed by atoms with E-state index < -0.39 is 6.10 Å². The zero-order valence-corrected chi connectivity index (χ0v) is 13.5. The van der Waals surface area contributed by atoms with Gasteiger partial charge < -0.3 is 9.67 Å². The van der Waals surface area contributed by atoms with Crippen molar-refractivity contribution in [2.45, 2.75) is 12.6 Å². The normalized spacial score (nSPS) is 12.4. The molecule has 0 aliphatic heterocycles. The number of hydrogen-bond donors (Lipinski definition) is 1. The van der Waals surface area contributed by atoms with Gasteiger partial charge in [0.05, 0.1) is 18.3 Å². The molecule has 2 heterocycles. The molecule has 0 saturated heterocycles. The quantitative estimate of drug-likeness (QED) is 0.625. The lowest BCUT2D eigenvalue weighted by atomic mass is 10.1. The van der Waals surface area contributed by atoms with Gasteiger partial charge in [-0.05, 0) is 11.6 Å². The van der Waals surface area contributed by atoms with Gasteiger partial charge in [0, 0.05) is 18.0 Å². The van der Waals surface area contributed by atoms with Crippen LogP contribution < -0.4 is 5.56 Å². The minimum atomic E-state index is -0.738. The van der Waals surface area contributed by atoms with Crippen molar-refractivity contribution < 1.29 is 5.11 Å². The van der Waals surface area contributed by atoms with E-state index in [1.807, 2.05) is 60.7 Å². The van der Waals surface area contributed by atoms with E-state index in [9.17, 15) is 9.90 Å². The highest BCUT2D eigenvalue weighted by atomic mass is 16.3. The molecule has 0 fully saturated rings. The molecule has 5 nitrogen and oxygen atoms in total. The first-order chi connectivity index (χ1) is 12.2. The van der Waals surface area contributed by atoms with Crippen LogP contribution in [-0.2, 0) is 6.54 Å². The predicted molar refractivity (Wildman–Crippen MR) is 96.3 cm³/mol. The van der Waals surface area contributed by atoms with E-state index in [-0.39, 0.29) is 12.1 Å². The molecule has 5 heteroatoms. The summed E-state index contributed by atoms with van der Waals surface area (Å²) in [6.07, 6.45) is 2.65. The van der Waals surface area contributed by atoms with Crippen LogP contribution in [0.25, 0.3) is 16.8 Å². The summed E-state index contributed by atoms with van der Waals surface area (Å²) in [5, 5.41) is 14.8. The molecule has 0 radical (unpaired) electrons. The predicted octanol–water partition coefficient (Wildman–Crippen LogP) is 2.90. The molecule has 1 N–H and O–H groups in total. The Hall–Kier alpha value is -3.18. The van der Waals surface area contributed by atoms with Gasteiger partial charge in [-0.25, -0.2) is 4.52 Å². The first-order valence-electron chi connectivity index (χ1n) is 8.09. The van der Waals surface area contributed by atoms with Crippen LogP contribution in [0.3, 0.4) is 0 Å². The largest absolute Gasteiger partial charge is 0.387 e. The zero-order valence-electron chi connectivity index (χ0n) is 13.5. The topological polar surface area (TPSA) is 59.5 Å². The van der Waals surface area contributed by atoms with Crippen LogP contribution in [0.1, 0.15) is 11.7 Å². The van der Waals surface area contributed by atoms with Crippen molar-refractivity contribution in [2.75, 3.05) is 0 Å². The SMILES string of the molecule is O=c1c2cc(-c3ccccc3)nn2ccn1C[C@@H](O)c1ccccc1. The highest BCUT2D eigenvalue weighted by Gasteiger charge is 2.12. The van der Waals surface area contributed by atoms with E-state index in [1.165, 1.54) is 4.57 Å². The Morgan fingerprint density at radius 3 is 2.36 bits per heavy atom. The van der Waals surface area contributed by atoms with Gasteiger partial charge in [-0.2, -0.15) is 5.10 Å². The van der Waals surface area contributed by atoms with E-state index >= 15 is 0 Å². The van der Waals surface area contributed by atoms with Crippen LogP contribution in [0.2, 0.25) is 0 Å². The molecule has 0 unspecified atom stereocenters. The van der Waals surface area contributed by atoms with Gasteiger partial charge in [-0.1, -0.05) is 60.7 Å². The zero-order chi connectivity index (χ0) is 17.2. The Kier molecular flexibility index (Phi) is 3.91. The molecule has 0 spiro atoms. The molecular weight excluding hydrogens is 314 g/mol. The second kappa shape index (κ2) is 6.37. The molecule has 0 aliphatic carbocycles. The summed E-state index contributed by atoms with van der Waals surface area (Å²) in [5.41, 5.74) is 2.81. The van der Waals surface area contributed by atoms with Gasteiger partial charge in [0.1, 0.15) is 5.52 Å². The first-order valence-corrected chi connectivity index (χ1v) is 8.09. The number of fused-ring (bicyclic) bond motifs is 1. The summed E-state index contributed by atoms with van der Waals surface area (Å²) in [4.78, 5) is 12.7. The third-order valence-electron chi connectivity index (χ3n) is 4.23. The van der Waals surface area contributed by atoms with Gasteiger partial charge in [0.15, 0.2) is 0 Å². The van der Waals surface area contributed by atoms with Gasteiger partial charge in [0.2, 0.25) is 0 Å². The summed E-state index contributed by atoms with van der Waals surface area (Å²) in [6, 6.07) is 20.8. The Morgan fingerprint density at radius 1 is 0.960 bits per heavy atom. The van der Waals surface area contributed by atoms with Crippen molar-refractivity contribution in [3.05, 3.63) is 95.0 Å². The lowest BCUT2D eigenvalue weighted by molar-refractivity contribution is 0.155. The number of aliphatic hydroxyl groups excluding tert-OH is 1. The van der Waals surface area contributed by atoms with Crippen molar-refractivity contribution in [3.8, 4) is 11.3 Å². The molecule has 2 aromatic heterocycles. The van der Waals surface area contributed by atoms with Crippen molar-refractivity contribution in [2.24, 2.45) is 0 Å². The lowest BCUT2D eigenvalue weighted by Gasteiger charge is -2.13. The van der Waals surface area contributed by atoms with Gasteiger partial charge in [0.25, 0.3) is 5.56 Å². The minimum Gasteiger partial charge on any atom is -0.387 e. The smallest absolute Gasteiger partial charge is 0.276 e. The number of nitrogens with zero attached hydrogens (tertiary/aromatic N) is 3. The average Bonchev–Trinajstić information content (AvgIpc) is 3.11. The van der Waals surface area contributed by atoms with Crippen molar-refractivity contribution in [1.29, 1.82) is 0 Å². The molecule has 0 amide bonds. The Labute approximate surface area is 144 Å². The molecule has 0 aliphatic rings. The number of benzene rings is 2. The molecule has 25 heavy (non-hydrogen) atoms. The highest BCUT2D eigenvalue weighted by molar-refractivity contribution is 5.65. The molecule has 4 aromatic rings. The highest BCUT2D eigenvalue weighted by Crippen LogP contribution is 2.18. The maximum atomic E-state index is 12.7. The fourth-order valence-corrected chi connectivity index (χ4v) is 2.89. The van der Waals surface area contributed by atoms with Gasteiger partial charge in [-0.3, -0.25) is 4.79 Å². The standard InChI is InChI=1S/C20H17N3O2/c24-19(16-9-5-2-6-10-16)14-22-11-12-23-18(20(22)25)13-17(21-23)15-7-3-1-4-8-15/h1-13,19,24H,14H2/t19-/m1/s1. The van der Waals surface area contributed by atoms with Crippen molar-refractivity contribution in [1.82, 2.24) is 14.2 Å². The molecule has 1 atom stereocenters. The summed E-state index contributed by atoms with van der Waals surface area (Å²) in [5.74, 6) is 0. The summed E-state index contributed by atoms with van der Waals surface area (Å²) in [6.45, 7) is 0.200. The minimum absolute atomic E-state index is 0.174. The van der Waals surface area contributed by atoms with Crippen molar-refractivity contribution in [3.63, 3.8) is 0 Å². The average molecular weight is 331 g/mol. The molecule has 0 bridgehead atoms. The molecule has 4 rings (SSSR count). The fraction of sp³-hybridized carbons (Fsp3) is 0.100. The molecule has 124 valence electrons. The van der Waals surface area contributed by atoms with E-state index in [1.54, 1.807) is 23.0 Å². The maximum Gasteiger partial charge on any atom is 0.276 e. The molecular formula is C20H17N3O2. The van der Waals surface area contributed by atoms with E-state index in [0.717, 1.165) is 16.8 Å². The second-order valence-electron chi connectivity index (χ2n) is 5.91. The Balaban J connectivity index is 1.70. The second-order valence-corrected chi connectivity index (χ2v) is 5.91. The number of aromatic nitrogens is 3. The lowest BCUT2D eigenvalue weighted by Crippen LogP contribution is -2.24. The Bertz CT molecular complexity index is 1050. The van der Waals surface area contributed by atoms with Crippen molar-refractivity contribution >= 4 is 5.52 Å². The van der Waals surface area contributed by atoms with Crippen LogP contribution in [0, 0.1) is 0 Å². The first kappa shape index (κ1) is 15.4. The maximum absolute atomic E-state index is 12.7. The van der Waals surface area contributed by atoms with Crippen LogP contribution in [0.4, 0.5) is 0 Å².